The van der Waals surface area contributed by atoms with Gasteiger partial charge in [-0.05, 0) is 38.2 Å². The summed E-state index contributed by atoms with van der Waals surface area (Å²) in [5.41, 5.74) is 0.149. The van der Waals surface area contributed by atoms with E-state index in [9.17, 15) is 9.90 Å². The summed E-state index contributed by atoms with van der Waals surface area (Å²) in [7, 11) is 5.47. The summed E-state index contributed by atoms with van der Waals surface area (Å²) in [6.45, 7) is 1.61. The van der Waals surface area contributed by atoms with Gasteiger partial charge >= 0.3 is 0 Å². The molecule has 0 unspecified atom stereocenters. The van der Waals surface area contributed by atoms with Crippen LogP contribution in [0.4, 0.5) is 0 Å². The number of hydrogen-bond donors (Lipinski definition) is 1. The number of carbonyl (C=O) groups is 1. The van der Waals surface area contributed by atoms with Crippen LogP contribution in [-0.2, 0) is 11.2 Å². The first-order valence-corrected chi connectivity index (χ1v) is 7.20. The van der Waals surface area contributed by atoms with Crippen molar-refractivity contribution in [2.24, 2.45) is 0 Å². The number of benzene rings is 1. The molecule has 1 saturated heterocycles. The van der Waals surface area contributed by atoms with Crippen LogP contribution < -0.4 is 4.74 Å². The second-order valence-electron chi connectivity index (χ2n) is 6.06. The molecule has 116 valence electrons. The monoisotopic (exact) mass is 292 g/mol. The number of hydrogen-bond acceptors (Lipinski definition) is 4. The van der Waals surface area contributed by atoms with Crippen molar-refractivity contribution in [3.8, 4) is 5.75 Å². The molecule has 0 aromatic heterocycles. The van der Waals surface area contributed by atoms with Gasteiger partial charge in [0.25, 0.3) is 0 Å². The number of rotatable bonds is 5. The van der Waals surface area contributed by atoms with Crippen molar-refractivity contribution in [1.82, 2.24) is 9.80 Å². The van der Waals surface area contributed by atoms with Crippen LogP contribution in [0.3, 0.4) is 0 Å². The average molecular weight is 292 g/mol. The van der Waals surface area contributed by atoms with Crippen molar-refractivity contribution in [1.29, 1.82) is 0 Å². The number of likely N-dealkylation sites (N-methyl/N-ethyl adjacent to an activating group) is 1. The number of likely N-dealkylation sites (tertiary alicyclic amines) is 1. The molecule has 0 aliphatic carbocycles. The molecule has 1 aromatic carbocycles. The molecule has 1 amide bonds. The van der Waals surface area contributed by atoms with Crippen molar-refractivity contribution < 1.29 is 14.6 Å². The quantitative estimate of drug-likeness (QED) is 0.871. The number of β-amino-alcohol motifs (C(OH)–C–C–N with tert-alkyl or cyclic N) is 1. The third-order valence-corrected chi connectivity index (χ3v) is 3.79. The van der Waals surface area contributed by atoms with Crippen LogP contribution in [0.1, 0.15) is 12.0 Å². The fourth-order valence-corrected chi connectivity index (χ4v) is 2.86. The minimum Gasteiger partial charge on any atom is -0.497 e. The molecule has 1 heterocycles. The zero-order valence-corrected chi connectivity index (χ0v) is 13.0. The lowest BCUT2D eigenvalue weighted by Crippen LogP contribution is -2.43. The van der Waals surface area contributed by atoms with Crippen LogP contribution >= 0.6 is 0 Å². The lowest BCUT2D eigenvalue weighted by atomic mass is 10.0. The molecule has 0 bridgehead atoms. The van der Waals surface area contributed by atoms with E-state index in [2.05, 4.69) is 0 Å². The zero-order valence-electron chi connectivity index (χ0n) is 13.0. The summed E-state index contributed by atoms with van der Waals surface area (Å²) in [6, 6.07) is 7.54. The Labute approximate surface area is 126 Å². The number of ether oxygens (including phenoxy) is 1. The van der Waals surface area contributed by atoms with E-state index < -0.39 is 5.60 Å². The van der Waals surface area contributed by atoms with Gasteiger partial charge in [-0.3, -0.25) is 4.79 Å². The van der Waals surface area contributed by atoms with Gasteiger partial charge < -0.3 is 19.6 Å². The summed E-state index contributed by atoms with van der Waals surface area (Å²) in [4.78, 5) is 16.1. The second kappa shape index (κ2) is 6.45. The topological polar surface area (TPSA) is 53.0 Å². The van der Waals surface area contributed by atoms with E-state index in [1.54, 1.807) is 12.0 Å². The van der Waals surface area contributed by atoms with Gasteiger partial charge in [0.05, 0.1) is 25.7 Å². The first kappa shape index (κ1) is 15.8. The molecule has 1 atom stereocenters. The molecule has 0 radical (unpaired) electrons. The van der Waals surface area contributed by atoms with E-state index in [-0.39, 0.29) is 5.91 Å². The fourth-order valence-electron chi connectivity index (χ4n) is 2.86. The third-order valence-electron chi connectivity index (χ3n) is 3.79. The molecule has 2 rings (SSSR count). The first-order valence-electron chi connectivity index (χ1n) is 7.20. The van der Waals surface area contributed by atoms with E-state index in [0.29, 0.717) is 32.5 Å². The van der Waals surface area contributed by atoms with Crippen molar-refractivity contribution in [3.05, 3.63) is 29.8 Å². The molecule has 5 nitrogen and oxygen atoms in total. The third kappa shape index (κ3) is 4.19. The highest BCUT2D eigenvalue weighted by Crippen LogP contribution is 2.23. The highest BCUT2D eigenvalue weighted by Gasteiger charge is 2.38. The first-order chi connectivity index (χ1) is 9.92. The Bertz CT molecular complexity index is 504. The Hall–Kier alpha value is -1.59. The lowest BCUT2D eigenvalue weighted by molar-refractivity contribution is -0.130. The van der Waals surface area contributed by atoms with E-state index in [0.717, 1.165) is 11.3 Å². The molecule has 5 heteroatoms. The maximum Gasteiger partial charge on any atom is 0.227 e. The minimum absolute atomic E-state index is 0.0536. The molecule has 1 fully saturated rings. The van der Waals surface area contributed by atoms with Gasteiger partial charge in [-0.2, -0.15) is 0 Å². The van der Waals surface area contributed by atoms with E-state index in [1.807, 2.05) is 43.3 Å². The summed E-state index contributed by atoms with van der Waals surface area (Å²) in [5, 5.41) is 10.5. The average Bonchev–Trinajstić information content (AvgIpc) is 2.80. The van der Waals surface area contributed by atoms with Crippen LogP contribution in [-0.4, -0.2) is 67.3 Å². The zero-order chi connectivity index (χ0) is 15.5. The number of aliphatic hydroxyl groups is 1. The van der Waals surface area contributed by atoms with Gasteiger partial charge in [0, 0.05) is 13.1 Å². The lowest BCUT2D eigenvalue weighted by Gasteiger charge is -2.26. The molecule has 1 N–H and O–H groups in total. The Morgan fingerprint density at radius 3 is 2.90 bits per heavy atom. The van der Waals surface area contributed by atoms with E-state index in [1.165, 1.54) is 0 Å². The van der Waals surface area contributed by atoms with Crippen LogP contribution in [0, 0.1) is 0 Å². The number of methoxy groups -OCH3 is 1. The normalized spacial score (nSPS) is 21.9. The molecule has 1 aromatic rings. The Morgan fingerprint density at radius 1 is 1.48 bits per heavy atom. The Morgan fingerprint density at radius 2 is 2.24 bits per heavy atom. The van der Waals surface area contributed by atoms with Gasteiger partial charge in [0.1, 0.15) is 5.75 Å². The van der Waals surface area contributed by atoms with Crippen molar-refractivity contribution >= 4 is 5.91 Å². The van der Waals surface area contributed by atoms with Crippen molar-refractivity contribution in [2.75, 3.05) is 40.8 Å². The number of nitrogens with zero attached hydrogens (tertiary/aromatic N) is 2. The Kier molecular flexibility index (Phi) is 4.85. The second-order valence-corrected chi connectivity index (χ2v) is 6.06. The maximum absolute atomic E-state index is 12.3. The van der Waals surface area contributed by atoms with Gasteiger partial charge in [-0.15, -0.1) is 0 Å². The molecule has 21 heavy (non-hydrogen) atoms. The van der Waals surface area contributed by atoms with Gasteiger partial charge in [0.2, 0.25) is 5.91 Å². The Balaban J connectivity index is 1.95. The van der Waals surface area contributed by atoms with E-state index >= 15 is 0 Å². The van der Waals surface area contributed by atoms with Gasteiger partial charge in [-0.1, -0.05) is 12.1 Å². The fraction of sp³-hybridized carbons (Fsp3) is 0.562. The highest BCUT2D eigenvalue weighted by molar-refractivity contribution is 5.79. The molecular weight excluding hydrogens is 268 g/mol. The summed E-state index contributed by atoms with van der Waals surface area (Å²) >= 11 is 0. The molecule has 0 saturated carbocycles. The predicted octanol–water partition coefficient (Wildman–Crippen LogP) is 0.763. The van der Waals surface area contributed by atoms with Crippen molar-refractivity contribution in [3.63, 3.8) is 0 Å². The molecule has 1 aliphatic rings. The largest absolute Gasteiger partial charge is 0.497 e. The highest BCUT2D eigenvalue weighted by atomic mass is 16.5. The molecular formula is C16H24N2O3. The minimum atomic E-state index is -0.784. The number of carbonyl (C=O) groups excluding carboxylic acids is 1. The SMILES string of the molecule is COc1cccc(CC(=O)N2CC[C@](O)(CN(C)C)C2)c1. The van der Waals surface area contributed by atoms with Crippen LogP contribution in [0.2, 0.25) is 0 Å². The van der Waals surface area contributed by atoms with Crippen LogP contribution in [0.15, 0.2) is 24.3 Å². The summed E-state index contributed by atoms with van der Waals surface area (Å²) in [6.07, 6.45) is 0.976. The van der Waals surface area contributed by atoms with Gasteiger partial charge in [-0.25, -0.2) is 0 Å². The smallest absolute Gasteiger partial charge is 0.227 e. The predicted molar refractivity (Wildman–Crippen MR) is 81.4 cm³/mol. The van der Waals surface area contributed by atoms with Crippen LogP contribution in [0.5, 0.6) is 5.75 Å². The standard InChI is InChI=1S/C16H24N2O3/c1-17(2)11-16(20)7-8-18(12-16)15(19)10-13-5-4-6-14(9-13)21-3/h4-6,9,20H,7-8,10-12H2,1-3H3/t16-/m0/s1. The molecule has 1 aliphatic heterocycles. The van der Waals surface area contributed by atoms with Crippen molar-refractivity contribution in [2.45, 2.75) is 18.4 Å². The summed E-state index contributed by atoms with van der Waals surface area (Å²) in [5.74, 6) is 0.809. The van der Waals surface area contributed by atoms with E-state index in [4.69, 9.17) is 4.74 Å². The van der Waals surface area contributed by atoms with Crippen LogP contribution in [0.25, 0.3) is 0 Å². The molecule has 0 spiro atoms. The number of amides is 1. The summed E-state index contributed by atoms with van der Waals surface area (Å²) < 4.78 is 5.17. The maximum atomic E-state index is 12.3. The van der Waals surface area contributed by atoms with Gasteiger partial charge in [0.15, 0.2) is 0 Å².